The van der Waals surface area contributed by atoms with Crippen LogP contribution in [-0.4, -0.2) is 21.1 Å². The van der Waals surface area contributed by atoms with Gasteiger partial charge in [0.1, 0.15) is 5.75 Å². The molecule has 0 aliphatic heterocycles. The number of imidazole rings is 2. The smallest absolute Gasteiger partial charge is 0.220 e. The van der Waals surface area contributed by atoms with Crippen LogP contribution in [-0.2, 0) is 0 Å². The van der Waals surface area contributed by atoms with Crippen molar-refractivity contribution in [3.05, 3.63) is 96.1 Å². The number of benzene rings is 4. The molecule has 31 heavy (non-hydrogen) atoms. The number of hydrogen-bond acceptors (Lipinski definition) is 2. The molecule has 150 valence electrons. The summed E-state index contributed by atoms with van der Waals surface area (Å²) in [5, 5.41) is 3.01. The van der Waals surface area contributed by atoms with Gasteiger partial charge in [0.15, 0.2) is 0 Å². The summed E-state index contributed by atoms with van der Waals surface area (Å²) in [5.74, 6) is 1.67. The molecule has 2 heterocycles. The summed E-state index contributed by atoms with van der Waals surface area (Å²) in [6, 6.07) is 28.6. The summed E-state index contributed by atoms with van der Waals surface area (Å²) in [4.78, 5) is 5.09. The standard InChI is InChI=1S/C26H18ClN3O/c1-31-21-12-9-18(10-13-21)24-16-29-23-14-11-17-5-2-3-8-22(17)25(23)28-26(29)30(24)20-7-4-6-19(27)15-20/h2-16H,1H3. The molecule has 4 aromatic carbocycles. The van der Waals surface area contributed by atoms with Gasteiger partial charge in [-0.25, -0.2) is 4.98 Å². The zero-order chi connectivity index (χ0) is 20.9. The molecule has 0 aliphatic carbocycles. The number of fused-ring (bicyclic) bond motifs is 5. The molecular formula is C26H18ClN3O. The Morgan fingerprint density at radius 2 is 1.71 bits per heavy atom. The minimum absolute atomic E-state index is 0.687. The fourth-order valence-electron chi connectivity index (χ4n) is 4.23. The Morgan fingerprint density at radius 1 is 0.871 bits per heavy atom. The molecule has 0 bridgehead atoms. The third-order valence-electron chi connectivity index (χ3n) is 5.71. The van der Waals surface area contributed by atoms with Gasteiger partial charge in [-0.05, 0) is 53.9 Å². The lowest BCUT2D eigenvalue weighted by atomic mass is 10.1. The van der Waals surface area contributed by atoms with Crippen molar-refractivity contribution in [3.8, 4) is 22.7 Å². The van der Waals surface area contributed by atoms with Gasteiger partial charge in [0.05, 0.1) is 29.5 Å². The van der Waals surface area contributed by atoms with Gasteiger partial charge >= 0.3 is 0 Å². The van der Waals surface area contributed by atoms with E-state index in [1.165, 1.54) is 5.39 Å². The van der Waals surface area contributed by atoms with Crippen molar-refractivity contribution in [1.82, 2.24) is 14.0 Å². The Balaban J connectivity index is 1.71. The van der Waals surface area contributed by atoms with Crippen LogP contribution in [0.25, 0.3) is 44.5 Å². The van der Waals surface area contributed by atoms with Gasteiger partial charge < -0.3 is 4.74 Å². The summed E-state index contributed by atoms with van der Waals surface area (Å²) >= 11 is 6.35. The van der Waals surface area contributed by atoms with Crippen LogP contribution in [0, 0.1) is 0 Å². The average Bonchev–Trinajstić information content (AvgIpc) is 3.35. The second-order valence-electron chi connectivity index (χ2n) is 7.49. The first kappa shape index (κ1) is 18.0. The lowest BCUT2D eigenvalue weighted by Gasteiger charge is -2.10. The Kier molecular flexibility index (Phi) is 4.01. The monoisotopic (exact) mass is 423 g/mol. The fraction of sp³-hybridized carbons (Fsp3) is 0.0385. The number of halogens is 1. The first-order valence-electron chi connectivity index (χ1n) is 10.0. The Labute approximate surface area is 183 Å². The highest BCUT2D eigenvalue weighted by molar-refractivity contribution is 6.30. The molecule has 0 atom stereocenters. The number of hydrogen-bond donors (Lipinski definition) is 0. The quantitative estimate of drug-likeness (QED) is 0.315. The number of ether oxygens (including phenoxy) is 1. The van der Waals surface area contributed by atoms with E-state index in [-0.39, 0.29) is 0 Å². The SMILES string of the molecule is COc1ccc(-c2cn3c4ccc5ccccc5c4nc3n2-c2cccc(Cl)c2)cc1. The van der Waals surface area contributed by atoms with E-state index in [1.807, 2.05) is 30.3 Å². The van der Waals surface area contributed by atoms with Crippen LogP contribution in [0.15, 0.2) is 91.1 Å². The molecule has 0 N–H and O–H groups in total. The van der Waals surface area contributed by atoms with Gasteiger partial charge in [0.25, 0.3) is 0 Å². The molecule has 5 heteroatoms. The average molecular weight is 424 g/mol. The molecule has 0 spiro atoms. The zero-order valence-electron chi connectivity index (χ0n) is 16.8. The minimum atomic E-state index is 0.687. The van der Waals surface area contributed by atoms with E-state index in [9.17, 15) is 0 Å². The highest BCUT2D eigenvalue weighted by atomic mass is 35.5. The van der Waals surface area contributed by atoms with Crippen LogP contribution >= 0.6 is 11.6 Å². The maximum absolute atomic E-state index is 6.35. The largest absolute Gasteiger partial charge is 0.497 e. The fourth-order valence-corrected chi connectivity index (χ4v) is 4.41. The number of nitrogens with zero attached hydrogens (tertiary/aromatic N) is 3. The van der Waals surface area contributed by atoms with Crippen molar-refractivity contribution in [2.75, 3.05) is 7.11 Å². The van der Waals surface area contributed by atoms with Gasteiger partial charge in [-0.1, -0.05) is 48.0 Å². The highest BCUT2D eigenvalue weighted by Crippen LogP contribution is 2.33. The minimum Gasteiger partial charge on any atom is -0.497 e. The van der Waals surface area contributed by atoms with Crippen molar-refractivity contribution in [2.45, 2.75) is 0 Å². The summed E-state index contributed by atoms with van der Waals surface area (Å²) < 4.78 is 9.65. The molecule has 0 fully saturated rings. The van der Waals surface area contributed by atoms with Crippen molar-refractivity contribution < 1.29 is 4.74 Å². The summed E-state index contributed by atoms with van der Waals surface area (Å²) in [5.41, 5.74) is 5.13. The molecule has 0 amide bonds. The predicted molar refractivity (Wildman–Crippen MR) is 127 cm³/mol. The van der Waals surface area contributed by atoms with E-state index in [2.05, 4.69) is 69.8 Å². The molecule has 2 aromatic heterocycles. The van der Waals surface area contributed by atoms with Gasteiger partial charge in [-0.15, -0.1) is 0 Å². The maximum Gasteiger partial charge on any atom is 0.220 e. The molecule has 4 nitrogen and oxygen atoms in total. The van der Waals surface area contributed by atoms with E-state index in [0.717, 1.165) is 44.9 Å². The molecule has 0 unspecified atom stereocenters. The molecule has 6 rings (SSSR count). The number of aromatic nitrogens is 3. The zero-order valence-corrected chi connectivity index (χ0v) is 17.5. The van der Waals surface area contributed by atoms with Crippen molar-refractivity contribution in [1.29, 1.82) is 0 Å². The Bertz CT molecular complexity index is 1580. The molecule has 0 aliphatic rings. The van der Waals surface area contributed by atoms with Crippen LogP contribution < -0.4 is 4.74 Å². The number of methoxy groups -OCH3 is 1. The summed E-state index contributed by atoms with van der Waals surface area (Å²) in [6.45, 7) is 0. The van der Waals surface area contributed by atoms with Gasteiger partial charge in [0.2, 0.25) is 5.78 Å². The van der Waals surface area contributed by atoms with E-state index >= 15 is 0 Å². The predicted octanol–water partition coefficient (Wildman–Crippen LogP) is 6.76. The van der Waals surface area contributed by atoms with E-state index < -0.39 is 0 Å². The Hall–Kier alpha value is -3.76. The lowest BCUT2D eigenvalue weighted by molar-refractivity contribution is 0.415. The van der Waals surface area contributed by atoms with E-state index in [1.54, 1.807) is 7.11 Å². The van der Waals surface area contributed by atoms with Gasteiger partial charge in [-0.2, -0.15) is 0 Å². The molecule has 0 saturated carbocycles. The highest BCUT2D eigenvalue weighted by Gasteiger charge is 2.18. The van der Waals surface area contributed by atoms with E-state index in [4.69, 9.17) is 21.3 Å². The van der Waals surface area contributed by atoms with Crippen molar-refractivity contribution >= 4 is 39.2 Å². The molecule has 6 aromatic rings. The second kappa shape index (κ2) is 6.89. The topological polar surface area (TPSA) is 31.5 Å². The van der Waals surface area contributed by atoms with Crippen LogP contribution in [0.4, 0.5) is 0 Å². The lowest BCUT2D eigenvalue weighted by Crippen LogP contribution is -1.98. The van der Waals surface area contributed by atoms with Gasteiger partial charge in [0, 0.05) is 22.2 Å². The van der Waals surface area contributed by atoms with Crippen LogP contribution in [0.1, 0.15) is 0 Å². The second-order valence-corrected chi connectivity index (χ2v) is 7.93. The summed E-state index contributed by atoms with van der Waals surface area (Å²) in [7, 11) is 1.67. The molecule has 0 saturated heterocycles. The van der Waals surface area contributed by atoms with Crippen LogP contribution in [0.2, 0.25) is 5.02 Å². The van der Waals surface area contributed by atoms with E-state index in [0.29, 0.717) is 5.02 Å². The third-order valence-corrected chi connectivity index (χ3v) is 5.95. The van der Waals surface area contributed by atoms with Crippen molar-refractivity contribution in [2.24, 2.45) is 0 Å². The normalized spacial score (nSPS) is 11.5. The first-order chi connectivity index (χ1) is 15.2. The third kappa shape index (κ3) is 2.80. The Morgan fingerprint density at radius 3 is 2.52 bits per heavy atom. The maximum atomic E-state index is 6.35. The molecular weight excluding hydrogens is 406 g/mol. The van der Waals surface area contributed by atoms with Crippen molar-refractivity contribution in [3.63, 3.8) is 0 Å². The number of rotatable bonds is 3. The summed E-state index contributed by atoms with van der Waals surface area (Å²) in [6.07, 6.45) is 2.14. The first-order valence-corrected chi connectivity index (χ1v) is 10.4. The van der Waals surface area contributed by atoms with Gasteiger partial charge in [-0.3, -0.25) is 8.97 Å². The van der Waals surface area contributed by atoms with Crippen LogP contribution in [0.3, 0.4) is 0 Å². The van der Waals surface area contributed by atoms with Crippen LogP contribution in [0.5, 0.6) is 5.75 Å². The molecule has 0 radical (unpaired) electrons.